The Hall–Kier alpha value is -1.26. The van der Waals surface area contributed by atoms with Crippen molar-refractivity contribution in [3.05, 3.63) is 0 Å². The average molecular weight is 282 g/mol. The number of urea groups is 1. The number of carbonyl (C=O) groups excluding carboxylic acids is 1. The first-order chi connectivity index (χ1) is 9.56. The number of hydrogen-bond donors (Lipinski definition) is 3. The van der Waals surface area contributed by atoms with Crippen LogP contribution in [0.4, 0.5) is 4.79 Å². The van der Waals surface area contributed by atoms with E-state index in [1.165, 1.54) is 19.3 Å². The van der Waals surface area contributed by atoms with Crippen molar-refractivity contribution >= 4 is 12.0 Å². The van der Waals surface area contributed by atoms with Crippen LogP contribution >= 0.6 is 0 Å². The molecular formula is C15H26N2O3. The first-order valence-electron chi connectivity index (χ1n) is 7.83. The fourth-order valence-electron chi connectivity index (χ4n) is 3.47. The van der Waals surface area contributed by atoms with Crippen molar-refractivity contribution in [2.75, 3.05) is 6.54 Å². The summed E-state index contributed by atoms with van der Waals surface area (Å²) >= 11 is 0. The Morgan fingerprint density at radius 2 is 1.80 bits per heavy atom. The van der Waals surface area contributed by atoms with E-state index in [-0.39, 0.29) is 18.0 Å². The molecule has 2 atom stereocenters. The Bertz CT molecular complexity index is 351. The third-order valence-electron chi connectivity index (χ3n) is 4.98. The Labute approximate surface area is 120 Å². The molecule has 2 amide bonds. The van der Waals surface area contributed by atoms with E-state index in [0.29, 0.717) is 24.7 Å². The van der Waals surface area contributed by atoms with Crippen LogP contribution in [-0.2, 0) is 4.79 Å². The minimum absolute atomic E-state index is 0.0946. The molecule has 5 heteroatoms. The SMILES string of the molecule is CC1CCCC1CNC(=O)NC1CCC(C(=O)O)CC1. The molecule has 2 rings (SSSR count). The predicted octanol–water partition coefficient (Wildman–Crippen LogP) is 2.37. The molecule has 2 fully saturated rings. The first-order valence-corrected chi connectivity index (χ1v) is 7.83. The molecule has 20 heavy (non-hydrogen) atoms. The zero-order valence-corrected chi connectivity index (χ0v) is 12.2. The number of aliphatic carboxylic acids is 1. The van der Waals surface area contributed by atoms with Crippen molar-refractivity contribution in [1.29, 1.82) is 0 Å². The van der Waals surface area contributed by atoms with Crippen molar-refractivity contribution in [1.82, 2.24) is 10.6 Å². The zero-order valence-electron chi connectivity index (χ0n) is 12.2. The highest BCUT2D eigenvalue weighted by Gasteiger charge is 2.27. The smallest absolute Gasteiger partial charge is 0.315 e. The molecule has 2 unspecified atom stereocenters. The Morgan fingerprint density at radius 3 is 2.35 bits per heavy atom. The number of carboxylic acid groups (broad SMARTS) is 1. The van der Waals surface area contributed by atoms with Crippen LogP contribution in [0.5, 0.6) is 0 Å². The van der Waals surface area contributed by atoms with Crippen LogP contribution in [0, 0.1) is 17.8 Å². The van der Waals surface area contributed by atoms with Crippen LogP contribution in [0.25, 0.3) is 0 Å². The molecular weight excluding hydrogens is 256 g/mol. The summed E-state index contributed by atoms with van der Waals surface area (Å²) < 4.78 is 0. The number of rotatable bonds is 4. The van der Waals surface area contributed by atoms with E-state index >= 15 is 0 Å². The third kappa shape index (κ3) is 4.12. The maximum absolute atomic E-state index is 11.9. The average Bonchev–Trinajstić information content (AvgIpc) is 2.82. The summed E-state index contributed by atoms with van der Waals surface area (Å²) in [6.45, 7) is 3.02. The van der Waals surface area contributed by atoms with Gasteiger partial charge in [-0.2, -0.15) is 0 Å². The van der Waals surface area contributed by atoms with E-state index in [1.807, 2.05) is 0 Å². The van der Waals surface area contributed by atoms with Gasteiger partial charge in [0.05, 0.1) is 5.92 Å². The van der Waals surface area contributed by atoms with Crippen molar-refractivity contribution in [2.24, 2.45) is 17.8 Å². The fraction of sp³-hybridized carbons (Fsp3) is 0.867. The van der Waals surface area contributed by atoms with E-state index in [1.54, 1.807) is 0 Å². The Balaban J connectivity index is 1.64. The Kier molecular flexibility index (Phi) is 5.26. The molecule has 114 valence electrons. The van der Waals surface area contributed by atoms with Crippen LogP contribution in [0.3, 0.4) is 0 Å². The molecule has 5 nitrogen and oxygen atoms in total. The lowest BCUT2D eigenvalue weighted by atomic mass is 9.86. The number of hydrogen-bond acceptors (Lipinski definition) is 2. The molecule has 2 aliphatic rings. The van der Waals surface area contributed by atoms with Gasteiger partial charge < -0.3 is 15.7 Å². The van der Waals surface area contributed by atoms with E-state index in [4.69, 9.17) is 5.11 Å². The summed E-state index contributed by atoms with van der Waals surface area (Å²) in [5, 5.41) is 14.9. The maximum atomic E-state index is 11.9. The molecule has 2 aliphatic carbocycles. The first kappa shape index (κ1) is 15.1. The molecule has 0 radical (unpaired) electrons. The number of carboxylic acids is 1. The molecule has 0 aromatic carbocycles. The number of amides is 2. The summed E-state index contributed by atoms with van der Waals surface area (Å²) in [6, 6.07) is 0.0366. The summed E-state index contributed by atoms with van der Waals surface area (Å²) in [6.07, 6.45) is 6.63. The van der Waals surface area contributed by atoms with Gasteiger partial charge in [-0.3, -0.25) is 4.79 Å². The minimum Gasteiger partial charge on any atom is -0.481 e. The normalized spacial score (nSPS) is 33.6. The van der Waals surface area contributed by atoms with Crippen LogP contribution < -0.4 is 10.6 Å². The largest absolute Gasteiger partial charge is 0.481 e. The van der Waals surface area contributed by atoms with E-state index in [9.17, 15) is 9.59 Å². The molecule has 0 spiro atoms. The lowest BCUT2D eigenvalue weighted by molar-refractivity contribution is -0.142. The number of nitrogens with one attached hydrogen (secondary N) is 2. The van der Waals surface area contributed by atoms with Gasteiger partial charge in [-0.05, 0) is 43.9 Å². The van der Waals surface area contributed by atoms with Gasteiger partial charge in [-0.15, -0.1) is 0 Å². The van der Waals surface area contributed by atoms with Crippen LogP contribution in [0.15, 0.2) is 0 Å². The van der Waals surface area contributed by atoms with E-state index < -0.39 is 5.97 Å². The standard InChI is InChI=1S/C15H26N2O3/c1-10-3-2-4-12(10)9-16-15(20)17-13-7-5-11(6-8-13)14(18)19/h10-13H,2-9H2,1H3,(H,18,19)(H2,16,17,20). The van der Waals surface area contributed by atoms with Gasteiger partial charge in [-0.1, -0.05) is 19.8 Å². The quantitative estimate of drug-likeness (QED) is 0.740. The second kappa shape index (κ2) is 6.95. The fourth-order valence-corrected chi connectivity index (χ4v) is 3.47. The number of carbonyl (C=O) groups is 2. The predicted molar refractivity (Wildman–Crippen MR) is 76.4 cm³/mol. The van der Waals surface area contributed by atoms with Gasteiger partial charge in [0, 0.05) is 12.6 Å². The lowest BCUT2D eigenvalue weighted by Crippen LogP contribution is -2.45. The minimum atomic E-state index is -0.705. The summed E-state index contributed by atoms with van der Waals surface area (Å²) in [4.78, 5) is 22.7. The van der Waals surface area contributed by atoms with Crippen LogP contribution in [0.1, 0.15) is 51.9 Å². The highest BCUT2D eigenvalue weighted by molar-refractivity contribution is 5.74. The van der Waals surface area contributed by atoms with Gasteiger partial charge in [0.25, 0.3) is 0 Å². The van der Waals surface area contributed by atoms with Gasteiger partial charge >= 0.3 is 12.0 Å². The van der Waals surface area contributed by atoms with Gasteiger partial charge in [-0.25, -0.2) is 4.79 Å². The molecule has 0 aliphatic heterocycles. The second-order valence-corrected chi connectivity index (χ2v) is 6.41. The van der Waals surface area contributed by atoms with Crippen molar-refractivity contribution in [3.63, 3.8) is 0 Å². The maximum Gasteiger partial charge on any atom is 0.315 e. The molecule has 0 bridgehead atoms. The molecule has 0 heterocycles. The Morgan fingerprint density at radius 1 is 1.10 bits per heavy atom. The van der Waals surface area contributed by atoms with Gasteiger partial charge in [0.15, 0.2) is 0 Å². The molecule has 3 N–H and O–H groups in total. The van der Waals surface area contributed by atoms with Crippen molar-refractivity contribution in [2.45, 2.75) is 57.9 Å². The highest BCUT2D eigenvalue weighted by atomic mass is 16.4. The zero-order chi connectivity index (χ0) is 14.5. The topological polar surface area (TPSA) is 78.4 Å². The monoisotopic (exact) mass is 282 g/mol. The summed E-state index contributed by atoms with van der Waals surface area (Å²) in [5.41, 5.74) is 0. The summed E-state index contributed by atoms with van der Waals surface area (Å²) in [5.74, 6) is 0.392. The van der Waals surface area contributed by atoms with Crippen LogP contribution in [0.2, 0.25) is 0 Å². The highest BCUT2D eigenvalue weighted by Crippen LogP contribution is 2.30. The van der Waals surface area contributed by atoms with Crippen LogP contribution in [-0.4, -0.2) is 29.7 Å². The second-order valence-electron chi connectivity index (χ2n) is 6.41. The molecule has 0 aromatic rings. The van der Waals surface area contributed by atoms with E-state index in [2.05, 4.69) is 17.6 Å². The molecule has 0 aromatic heterocycles. The van der Waals surface area contributed by atoms with Gasteiger partial charge in [0.1, 0.15) is 0 Å². The third-order valence-corrected chi connectivity index (χ3v) is 4.98. The molecule has 2 saturated carbocycles. The van der Waals surface area contributed by atoms with Crippen molar-refractivity contribution in [3.8, 4) is 0 Å². The molecule has 0 saturated heterocycles. The van der Waals surface area contributed by atoms with Crippen molar-refractivity contribution < 1.29 is 14.7 Å². The van der Waals surface area contributed by atoms with E-state index in [0.717, 1.165) is 19.4 Å². The van der Waals surface area contributed by atoms with Gasteiger partial charge in [0.2, 0.25) is 0 Å². The summed E-state index contributed by atoms with van der Waals surface area (Å²) in [7, 11) is 0. The lowest BCUT2D eigenvalue weighted by Gasteiger charge is -2.27.